The average Bonchev–Trinajstić information content (AvgIpc) is 2.82. The first kappa shape index (κ1) is 27.8. The van der Waals surface area contributed by atoms with Crippen LogP contribution < -0.4 is 9.31 Å². The normalized spacial score (nSPS) is 14.8. The van der Waals surface area contributed by atoms with E-state index in [2.05, 4.69) is 27.2 Å². The van der Waals surface area contributed by atoms with Crippen molar-refractivity contribution < 1.29 is 18.4 Å². The quantitative estimate of drug-likeness (QED) is 0.195. The number of benzene rings is 3. The number of quaternary nitrogens is 1. The van der Waals surface area contributed by atoms with Gasteiger partial charge in [0.25, 0.3) is 0 Å². The number of hydrogen-bond acceptors (Lipinski definition) is 3. The Morgan fingerprint density at radius 3 is 1.69 bits per heavy atom. The molecule has 0 unspecified atom stereocenters. The van der Waals surface area contributed by atoms with Crippen LogP contribution >= 0.6 is 0 Å². The fourth-order valence-electron chi connectivity index (χ4n) is 4.72. The Morgan fingerprint density at radius 1 is 0.750 bits per heavy atom. The van der Waals surface area contributed by atoms with Crippen molar-refractivity contribution in [3.63, 3.8) is 0 Å². The zero-order valence-electron chi connectivity index (χ0n) is 22.9. The molecule has 0 N–H and O–H groups in total. The molecule has 0 bridgehead atoms. The van der Waals surface area contributed by atoms with E-state index in [1.54, 1.807) is 0 Å². The van der Waals surface area contributed by atoms with E-state index in [9.17, 15) is 0 Å². The maximum atomic E-state index is 6.71. The van der Waals surface area contributed by atoms with Gasteiger partial charge >= 0.3 is 7.32 Å². The third-order valence-electron chi connectivity index (χ3n) is 6.37. The molecule has 0 heterocycles. The Bertz CT molecular complexity index is 1010. The molecule has 1 aliphatic rings. The number of likely N-dealkylation sites (N-methyl/N-ethyl adjacent to an activating group) is 1. The summed E-state index contributed by atoms with van der Waals surface area (Å²) in [6.45, 7) is 7.04. The van der Waals surface area contributed by atoms with Gasteiger partial charge < -0.3 is 18.4 Å². The van der Waals surface area contributed by atoms with E-state index in [1.807, 2.05) is 93.6 Å². The zero-order valence-corrected chi connectivity index (χ0v) is 22.9. The van der Waals surface area contributed by atoms with Gasteiger partial charge in [-0.15, -0.1) is 0 Å². The van der Waals surface area contributed by atoms with Gasteiger partial charge in [0, 0.05) is 0 Å². The molecule has 0 aromatic heterocycles. The molecule has 4 nitrogen and oxygen atoms in total. The van der Waals surface area contributed by atoms with Crippen molar-refractivity contribution in [1.82, 2.24) is 0 Å². The van der Waals surface area contributed by atoms with Crippen molar-refractivity contribution >= 4 is 7.32 Å². The molecule has 0 amide bonds. The molecule has 0 spiro atoms. The Kier molecular flexibility index (Phi) is 10.0. The van der Waals surface area contributed by atoms with Crippen LogP contribution in [0.4, 0.5) is 0 Å². The van der Waals surface area contributed by atoms with Gasteiger partial charge in [-0.05, 0) is 49.9 Å². The molecule has 3 aromatic carbocycles. The molecule has 192 valence electrons. The fraction of sp³-hybridized carbons (Fsp3) is 0.419. The maximum Gasteiger partial charge on any atom is 0.788 e. The molecular weight excluding hydrogens is 445 g/mol. The van der Waals surface area contributed by atoms with Crippen LogP contribution in [0.25, 0.3) is 0 Å². The van der Waals surface area contributed by atoms with Crippen molar-refractivity contribution in [2.24, 2.45) is 0 Å². The van der Waals surface area contributed by atoms with Gasteiger partial charge in [0.15, 0.2) is 0 Å². The van der Waals surface area contributed by atoms with E-state index in [1.165, 1.54) is 24.8 Å². The van der Waals surface area contributed by atoms with E-state index in [0.29, 0.717) is 0 Å². The lowest BCUT2D eigenvalue weighted by Crippen LogP contribution is -2.55. The summed E-state index contributed by atoms with van der Waals surface area (Å²) < 4.78 is 20.2. The zero-order chi connectivity index (χ0) is 26.0. The highest BCUT2D eigenvalue weighted by Crippen LogP contribution is 2.35. The average molecular weight is 487 g/mol. The van der Waals surface area contributed by atoms with Crippen LogP contribution in [0.2, 0.25) is 0 Å². The third-order valence-corrected chi connectivity index (χ3v) is 6.37. The Balaban J connectivity index is 0.000000444. The van der Waals surface area contributed by atoms with Gasteiger partial charge in [-0.2, -0.15) is 35.9 Å². The van der Waals surface area contributed by atoms with E-state index < -0.39 is 7.32 Å². The lowest BCUT2D eigenvalue weighted by Gasteiger charge is -2.42. The standard InChI is InChI=1S/C24H35BNO3.C7H7/c1-20-13-7-9-15-22(20)27-25(28-23-16-10-8-14-21(23)2)29-24(19-26(3,4)5)17-11-6-12-18-24;1-7-5-3-2-4-6-7/h7-10,13-16H,6,11-12,17-19H2,1-5H3;2-5H,1H3/q+1;-1. The van der Waals surface area contributed by atoms with Gasteiger partial charge in [0.05, 0.1) is 21.1 Å². The van der Waals surface area contributed by atoms with Crippen LogP contribution in [-0.2, 0) is 4.65 Å². The molecule has 0 radical (unpaired) electrons. The summed E-state index contributed by atoms with van der Waals surface area (Å²) in [5.41, 5.74) is 3.09. The van der Waals surface area contributed by atoms with Gasteiger partial charge in [-0.3, -0.25) is 0 Å². The monoisotopic (exact) mass is 487 g/mol. The first-order valence-corrected chi connectivity index (χ1v) is 13.0. The number of hydrogen-bond donors (Lipinski definition) is 0. The summed E-state index contributed by atoms with van der Waals surface area (Å²) in [4.78, 5) is 0. The van der Waals surface area contributed by atoms with Crippen LogP contribution in [0.3, 0.4) is 0 Å². The van der Waals surface area contributed by atoms with Crippen molar-refractivity contribution in [2.45, 2.75) is 58.5 Å². The molecule has 1 aliphatic carbocycles. The molecule has 3 aromatic rings. The first-order valence-electron chi connectivity index (χ1n) is 13.0. The Morgan fingerprint density at radius 2 is 1.28 bits per heavy atom. The van der Waals surface area contributed by atoms with E-state index >= 15 is 0 Å². The lowest BCUT2D eigenvalue weighted by molar-refractivity contribution is -0.877. The second kappa shape index (κ2) is 13.0. The number of rotatable bonds is 8. The predicted octanol–water partition coefficient (Wildman–Crippen LogP) is 6.97. The minimum absolute atomic E-state index is 0.244. The highest BCUT2D eigenvalue weighted by molar-refractivity contribution is 6.38. The topological polar surface area (TPSA) is 27.7 Å². The second-order valence-electron chi connectivity index (χ2n) is 10.9. The van der Waals surface area contributed by atoms with Crippen molar-refractivity contribution in [2.75, 3.05) is 27.7 Å². The summed E-state index contributed by atoms with van der Waals surface area (Å²) >= 11 is 0. The smallest absolute Gasteiger partial charge is 0.501 e. The maximum absolute atomic E-state index is 6.71. The molecule has 0 aliphatic heterocycles. The van der Waals surface area contributed by atoms with Crippen LogP contribution in [0.5, 0.6) is 11.5 Å². The highest BCUT2D eigenvalue weighted by Gasteiger charge is 2.45. The summed E-state index contributed by atoms with van der Waals surface area (Å²) in [5.74, 6) is 1.59. The summed E-state index contributed by atoms with van der Waals surface area (Å²) in [6, 6.07) is 27.0. The van der Waals surface area contributed by atoms with Crippen molar-refractivity contribution in [3.8, 4) is 11.5 Å². The van der Waals surface area contributed by atoms with Gasteiger partial charge in [0.2, 0.25) is 0 Å². The van der Waals surface area contributed by atoms with E-state index in [-0.39, 0.29) is 5.60 Å². The molecule has 4 rings (SSSR count). The van der Waals surface area contributed by atoms with Crippen LogP contribution in [-0.4, -0.2) is 45.1 Å². The van der Waals surface area contributed by atoms with E-state index in [0.717, 1.165) is 46.5 Å². The predicted molar refractivity (Wildman–Crippen MR) is 149 cm³/mol. The third kappa shape index (κ3) is 9.03. The second-order valence-corrected chi connectivity index (χ2v) is 10.9. The summed E-state index contributed by atoms with van der Waals surface area (Å²) in [7, 11) is 5.87. The molecule has 1 saturated carbocycles. The molecule has 1 fully saturated rings. The number of para-hydroxylation sites is 2. The van der Waals surface area contributed by atoms with Gasteiger partial charge in [-0.25, -0.2) is 0 Å². The van der Waals surface area contributed by atoms with Gasteiger partial charge in [0.1, 0.15) is 23.6 Å². The van der Waals surface area contributed by atoms with Crippen molar-refractivity contribution in [1.29, 1.82) is 0 Å². The molecule has 5 heteroatoms. The first-order chi connectivity index (χ1) is 17.2. The highest BCUT2D eigenvalue weighted by atomic mass is 16.7. The van der Waals surface area contributed by atoms with Crippen molar-refractivity contribution in [3.05, 3.63) is 95.6 Å². The summed E-state index contributed by atoms with van der Waals surface area (Å²) in [6.07, 6.45) is 5.70. The minimum Gasteiger partial charge on any atom is -0.501 e. The molecule has 36 heavy (non-hydrogen) atoms. The largest absolute Gasteiger partial charge is 0.788 e. The fourth-order valence-corrected chi connectivity index (χ4v) is 4.72. The van der Waals surface area contributed by atoms with E-state index in [4.69, 9.17) is 14.0 Å². The van der Waals surface area contributed by atoms with Gasteiger partial charge in [-0.1, -0.05) is 62.6 Å². The lowest BCUT2D eigenvalue weighted by atomic mass is 9.82. The van der Waals surface area contributed by atoms with Crippen LogP contribution in [0, 0.1) is 26.8 Å². The Hall–Kier alpha value is -2.76. The molecule has 0 saturated heterocycles. The molecule has 0 atom stereocenters. The Labute approximate surface area is 219 Å². The molecular formula is C31H42BNO3. The SMILES string of the molecule is Cc1[c-]cccc1.Cc1ccccc1OB(Oc1ccccc1C)OC1(C[N+](C)(C)C)CCCCC1. The number of aryl methyl sites for hydroxylation is 3. The van der Waals surface area contributed by atoms with Crippen LogP contribution in [0.15, 0.2) is 72.8 Å². The summed E-state index contributed by atoms with van der Waals surface area (Å²) in [5, 5.41) is 0. The number of nitrogens with zero attached hydrogens (tertiary/aromatic N) is 1. The van der Waals surface area contributed by atoms with Crippen LogP contribution in [0.1, 0.15) is 48.8 Å². The minimum atomic E-state index is -0.790.